The van der Waals surface area contributed by atoms with Gasteiger partial charge in [-0.2, -0.15) is 4.98 Å². The zero-order valence-electron chi connectivity index (χ0n) is 17.2. The molecule has 7 nitrogen and oxygen atoms in total. The number of hydrogen-bond donors (Lipinski definition) is 4. The topological polar surface area (TPSA) is 122 Å². The van der Waals surface area contributed by atoms with Crippen molar-refractivity contribution < 1.29 is 5.11 Å². The van der Waals surface area contributed by atoms with Crippen LogP contribution in [0.5, 0.6) is 0 Å². The third-order valence-electron chi connectivity index (χ3n) is 6.10. The summed E-state index contributed by atoms with van der Waals surface area (Å²) < 4.78 is 0. The van der Waals surface area contributed by atoms with Gasteiger partial charge in [0.1, 0.15) is 10.7 Å². The molecule has 2 heterocycles. The maximum Gasteiger partial charge on any atom is 0.226 e. The highest BCUT2D eigenvalue weighted by molar-refractivity contribution is 7.16. The first-order valence-corrected chi connectivity index (χ1v) is 11.1. The minimum atomic E-state index is -0.581. The molecule has 6 N–H and O–H groups in total. The normalized spacial score (nSPS) is 33.1. The second-order valence-corrected chi connectivity index (χ2v) is 9.98. The molecule has 2 aliphatic rings. The van der Waals surface area contributed by atoms with Gasteiger partial charge in [-0.1, -0.05) is 6.92 Å². The standard InChI is InChI=1S/C21H30N6OS/c1-11-6-13-8-14(10-21(3,28)9-13)17(11)25-20-26-18(24-16(23)7-12(2)22)15-4-5-29-19(15)27-20/h4-5,7,11,13-14,17,28H,6,8-10,22H2,1-3H3,(H3,23,24,25,26,27)/b12-7-. The lowest BCUT2D eigenvalue weighted by molar-refractivity contribution is -0.0502. The van der Waals surface area contributed by atoms with Crippen LogP contribution in [0.2, 0.25) is 0 Å². The first-order chi connectivity index (χ1) is 13.7. The van der Waals surface area contributed by atoms with Crippen molar-refractivity contribution in [3.05, 3.63) is 23.2 Å². The lowest BCUT2D eigenvalue weighted by Crippen LogP contribution is -2.50. The molecule has 5 unspecified atom stereocenters. The van der Waals surface area contributed by atoms with Crippen LogP contribution in [-0.2, 0) is 0 Å². The van der Waals surface area contributed by atoms with E-state index in [1.54, 1.807) is 24.3 Å². The summed E-state index contributed by atoms with van der Waals surface area (Å²) in [4.78, 5) is 14.7. The fourth-order valence-corrected chi connectivity index (χ4v) is 6.00. The predicted molar refractivity (Wildman–Crippen MR) is 119 cm³/mol. The molecule has 29 heavy (non-hydrogen) atoms. The third kappa shape index (κ3) is 4.38. The Morgan fingerprint density at radius 1 is 1.34 bits per heavy atom. The Bertz CT molecular complexity index is 959. The molecule has 156 valence electrons. The Kier molecular flexibility index (Phi) is 5.25. The molecule has 2 fully saturated rings. The van der Waals surface area contributed by atoms with Crippen LogP contribution in [0.15, 0.2) is 28.2 Å². The molecule has 2 aliphatic carbocycles. The largest absolute Gasteiger partial charge is 0.402 e. The number of allylic oxidation sites excluding steroid dienone is 1. The SMILES string of the molecule is C/C(N)=C/C(N)=Nc1nc(NC2C(C)CC3CC2CC(C)(O)C3)nc2sccc12. The van der Waals surface area contributed by atoms with Gasteiger partial charge in [0, 0.05) is 11.7 Å². The maximum atomic E-state index is 10.7. The van der Waals surface area contributed by atoms with Gasteiger partial charge in [0.2, 0.25) is 5.95 Å². The Balaban J connectivity index is 1.65. The molecule has 8 heteroatoms. The minimum Gasteiger partial charge on any atom is -0.402 e. The smallest absolute Gasteiger partial charge is 0.226 e. The van der Waals surface area contributed by atoms with Crippen LogP contribution in [-0.4, -0.2) is 32.6 Å². The second kappa shape index (κ2) is 7.57. The summed E-state index contributed by atoms with van der Waals surface area (Å²) in [5, 5.41) is 17.1. The van der Waals surface area contributed by atoms with Crippen LogP contribution in [0.1, 0.15) is 46.5 Å². The van der Waals surface area contributed by atoms with Gasteiger partial charge in [0.15, 0.2) is 5.82 Å². The van der Waals surface area contributed by atoms with Crippen LogP contribution < -0.4 is 16.8 Å². The summed E-state index contributed by atoms with van der Waals surface area (Å²) in [5.41, 5.74) is 11.7. The molecule has 2 aromatic heterocycles. The van der Waals surface area contributed by atoms with E-state index in [2.05, 4.69) is 22.2 Å². The Morgan fingerprint density at radius 3 is 2.90 bits per heavy atom. The lowest BCUT2D eigenvalue weighted by Gasteiger charge is -2.49. The number of amidine groups is 1. The van der Waals surface area contributed by atoms with Gasteiger partial charge in [0.25, 0.3) is 0 Å². The van der Waals surface area contributed by atoms with E-state index >= 15 is 0 Å². The van der Waals surface area contributed by atoms with Crippen LogP contribution in [0.3, 0.4) is 0 Å². The van der Waals surface area contributed by atoms with Crippen molar-refractivity contribution in [2.45, 2.75) is 58.1 Å². The molecule has 2 saturated carbocycles. The minimum absolute atomic E-state index is 0.232. The lowest BCUT2D eigenvalue weighted by atomic mass is 9.61. The number of nitrogens with two attached hydrogens (primary N) is 2. The maximum absolute atomic E-state index is 10.7. The molecule has 0 amide bonds. The number of anilines is 1. The second-order valence-electron chi connectivity index (χ2n) is 9.09. The molecule has 0 saturated heterocycles. The van der Waals surface area contributed by atoms with E-state index in [4.69, 9.17) is 16.5 Å². The molecule has 0 spiro atoms. The monoisotopic (exact) mass is 414 g/mol. The Morgan fingerprint density at radius 2 is 2.14 bits per heavy atom. The van der Waals surface area contributed by atoms with Crippen LogP contribution in [0.25, 0.3) is 10.2 Å². The van der Waals surface area contributed by atoms with Gasteiger partial charge in [-0.15, -0.1) is 11.3 Å². The average molecular weight is 415 g/mol. The van der Waals surface area contributed by atoms with Crippen molar-refractivity contribution in [1.29, 1.82) is 0 Å². The van der Waals surface area contributed by atoms with E-state index < -0.39 is 5.60 Å². The number of hydrogen-bond acceptors (Lipinski definition) is 7. The molecular formula is C21H30N6OS. The number of aliphatic hydroxyl groups is 1. The highest BCUT2D eigenvalue weighted by Gasteiger charge is 2.45. The van der Waals surface area contributed by atoms with E-state index in [1.807, 2.05) is 18.4 Å². The van der Waals surface area contributed by atoms with Crippen LogP contribution in [0.4, 0.5) is 11.8 Å². The summed E-state index contributed by atoms with van der Waals surface area (Å²) in [6.07, 6.45) is 5.61. The number of nitrogens with zero attached hydrogens (tertiary/aromatic N) is 3. The molecule has 5 atom stereocenters. The zero-order chi connectivity index (χ0) is 20.8. The van der Waals surface area contributed by atoms with Crippen molar-refractivity contribution in [3.8, 4) is 0 Å². The van der Waals surface area contributed by atoms with Gasteiger partial charge in [-0.25, -0.2) is 9.98 Å². The average Bonchev–Trinajstić information content (AvgIpc) is 3.05. The molecule has 2 bridgehead atoms. The molecule has 4 rings (SSSR count). The molecule has 2 aromatic rings. The molecule has 0 radical (unpaired) electrons. The van der Waals surface area contributed by atoms with Gasteiger partial charge in [0.05, 0.1) is 11.0 Å². The Labute approximate surface area is 175 Å². The van der Waals surface area contributed by atoms with Crippen LogP contribution >= 0.6 is 11.3 Å². The number of nitrogens with one attached hydrogen (secondary N) is 1. The summed E-state index contributed by atoms with van der Waals surface area (Å²) in [6, 6.07) is 2.19. The van der Waals surface area contributed by atoms with Crippen molar-refractivity contribution in [2.75, 3.05) is 5.32 Å². The summed E-state index contributed by atoms with van der Waals surface area (Å²) in [5.74, 6) is 2.95. The van der Waals surface area contributed by atoms with Gasteiger partial charge in [-0.3, -0.25) is 0 Å². The van der Waals surface area contributed by atoms with Gasteiger partial charge in [-0.05, 0) is 74.8 Å². The number of aromatic nitrogens is 2. The van der Waals surface area contributed by atoms with E-state index in [0.717, 1.165) is 35.9 Å². The van der Waals surface area contributed by atoms with Gasteiger partial charge >= 0.3 is 0 Å². The zero-order valence-corrected chi connectivity index (χ0v) is 18.0. The summed E-state index contributed by atoms with van der Waals surface area (Å²) >= 11 is 1.56. The van der Waals surface area contributed by atoms with Crippen LogP contribution in [0, 0.1) is 17.8 Å². The highest BCUT2D eigenvalue weighted by atomic mass is 32.1. The number of thiophene rings is 1. The summed E-state index contributed by atoms with van der Waals surface area (Å²) in [6.45, 7) is 6.02. The molecular weight excluding hydrogens is 384 g/mol. The molecule has 0 aliphatic heterocycles. The fourth-order valence-electron chi connectivity index (χ4n) is 5.24. The summed E-state index contributed by atoms with van der Waals surface area (Å²) in [7, 11) is 0. The van der Waals surface area contributed by atoms with Crippen molar-refractivity contribution in [3.63, 3.8) is 0 Å². The molecule has 0 aromatic carbocycles. The predicted octanol–water partition coefficient (Wildman–Crippen LogP) is 3.53. The van der Waals surface area contributed by atoms with E-state index in [0.29, 0.717) is 41.1 Å². The number of fused-ring (bicyclic) bond motifs is 3. The van der Waals surface area contributed by atoms with Gasteiger partial charge < -0.3 is 21.9 Å². The number of aliphatic imine (C=N–C) groups is 1. The van der Waals surface area contributed by atoms with Crippen molar-refractivity contribution in [1.82, 2.24) is 9.97 Å². The number of rotatable bonds is 4. The Hall–Kier alpha value is -2.19. The fraction of sp³-hybridized carbons (Fsp3) is 0.571. The van der Waals surface area contributed by atoms with Crippen molar-refractivity contribution >= 4 is 39.2 Å². The first kappa shape index (κ1) is 20.1. The first-order valence-electron chi connectivity index (χ1n) is 10.2. The van der Waals surface area contributed by atoms with Crippen molar-refractivity contribution in [2.24, 2.45) is 34.2 Å². The van der Waals surface area contributed by atoms with E-state index in [1.165, 1.54) is 0 Å². The van der Waals surface area contributed by atoms with E-state index in [9.17, 15) is 5.11 Å². The quantitative estimate of drug-likeness (QED) is 0.448. The third-order valence-corrected chi connectivity index (χ3v) is 6.91. The van der Waals surface area contributed by atoms with E-state index in [-0.39, 0.29) is 6.04 Å². The highest BCUT2D eigenvalue weighted by Crippen LogP contribution is 2.47.